The van der Waals surface area contributed by atoms with Crippen LogP contribution in [-0.4, -0.2) is 55.5 Å². The van der Waals surface area contributed by atoms with Crippen LogP contribution in [0.1, 0.15) is 31.2 Å². The summed E-state index contributed by atoms with van der Waals surface area (Å²) in [5.41, 5.74) is 1.26. The first kappa shape index (κ1) is 16.3. The zero-order valence-electron chi connectivity index (χ0n) is 14.2. The number of carbonyl (C=O) groups is 1. The fraction of sp³-hybridized carbons (Fsp3) is 0.632. The van der Waals surface area contributed by atoms with Crippen LogP contribution in [0.3, 0.4) is 0 Å². The van der Waals surface area contributed by atoms with Crippen molar-refractivity contribution in [3.05, 3.63) is 29.8 Å². The number of methoxy groups -OCH3 is 1. The van der Waals surface area contributed by atoms with Gasteiger partial charge in [0.2, 0.25) is 5.91 Å². The number of hydrogen-bond donors (Lipinski definition) is 0. The first-order valence-electron chi connectivity index (χ1n) is 8.91. The lowest BCUT2D eigenvalue weighted by Gasteiger charge is -2.36. The molecule has 1 aliphatic heterocycles. The molecular weight excluding hydrogens is 288 g/mol. The van der Waals surface area contributed by atoms with E-state index >= 15 is 0 Å². The Morgan fingerprint density at radius 1 is 1.13 bits per heavy atom. The second-order valence-corrected chi connectivity index (χ2v) is 6.71. The molecule has 0 unspecified atom stereocenters. The third-order valence-corrected chi connectivity index (χ3v) is 5.28. The van der Waals surface area contributed by atoms with E-state index in [1.54, 1.807) is 7.11 Å². The van der Waals surface area contributed by atoms with Crippen molar-refractivity contribution in [1.82, 2.24) is 9.80 Å². The Balaban J connectivity index is 1.45. The average molecular weight is 316 g/mol. The van der Waals surface area contributed by atoms with E-state index in [1.807, 2.05) is 12.1 Å². The molecule has 0 radical (unpaired) electrons. The van der Waals surface area contributed by atoms with E-state index in [1.165, 1.54) is 18.4 Å². The van der Waals surface area contributed by atoms with Crippen LogP contribution in [0.5, 0.6) is 5.75 Å². The highest BCUT2D eigenvalue weighted by molar-refractivity contribution is 5.79. The van der Waals surface area contributed by atoms with Crippen LogP contribution in [0.2, 0.25) is 0 Å². The number of piperazine rings is 1. The standard InChI is InChI=1S/C19H28N2O2/c1-23-18-9-5-4-6-16(18)10-11-20-12-14-21(15-13-20)19(22)17-7-2-3-8-17/h4-6,9,17H,2-3,7-8,10-15H2,1H3. The molecule has 1 saturated heterocycles. The van der Waals surface area contributed by atoms with Crippen molar-refractivity contribution < 1.29 is 9.53 Å². The van der Waals surface area contributed by atoms with Crippen LogP contribution in [0.4, 0.5) is 0 Å². The van der Waals surface area contributed by atoms with Crippen molar-refractivity contribution in [1.29, 1.82) is 0 Å². The molecule has 0 aromatic heterocycles. The van der Waals surface area contributed by atoms with E-state index in [9.17, 15) is 4.79 Å². The molecule has 126 valence electrons. The molecule has 1 amide bonds. The molecule has 0 atom stereocenters. The lowest BCUT2D eigenvalue weighted by Crippen LogP contribution is -2.50. The fourth-order valence-corrected chi connectivity index (χ4v) is 3.81. The highest BCUT2D eigenvalue weighted by atomic mass is 16.5. The van der Waals surface area contributed by atoms with Crippen molar-refractivity contribution in [3.8, 4) is 5.75 Å². The molecular formula is C19H28N2O2. The van der Waals surface area contributed by atoms with Gasteiger partial charge in [-0.05, 0) is 30.9 Å². The van der Waals surface area contributed by atoms with Crippen LogP contribution < -0.4 is 4.74 Å². The Morgan fingerprint density at radius 3 is 2.52 bits per heavy atom. The van der Waals surface area contributed by atoms with Crippen LogP contribution >= 0.6 is 0 Å². The van der Waals surface area contributed by atoms with Gasteiger partial charge in [-0.15, -0.1) is 0 Å². The van der Waals surface area contributed by atoms with Crippen molar-refractivity contribution in [2.75, 3.05) is 39.8 Å². The average Bonchev–Trinajstić information content (AvgIpc) is 3.14. The Kier molecular flexibility index (Phi) is 5.55. The van der Waals surface area contributed by atoms with Gasteiger partial charge in [-0.25, -0.2) is 0 Å². The Hall–Kier alpha value is -1.55. The first-order valence-corrected chi connectivity index (χ1v) is 8.91. The van der Waals surface area contributed by atoms with Gasteiger partial charge in [0.25, 0.3) is 0 Å². The second kappa shape index (κ2) is 7.82. The number of nitrogens with zero attached hydrogens (tertiary/aromatic N) is 2. The maximum absolute atomic E-state index is 12.5. The number of ether oxygens (including phenoxy) is 1. The molecule has 4 nitrogen and oxygen atoms in total. The van der Waals surface area contributed by atoms with Crippen molar-refractivity contribution >= 4 is 5.91 Å². The molecule has 1 aromatic rings. The van der Waals surface area contributed by atoms with Crippen LogP contribution in [0.15, 0.2) is 24.3 Å². The van der Waals surface area contributed by atoms with Gasteiger partial charge >= 0.3 is 0 Å². The summed E-state index contributed by atoms with van der Waals surface area (Å²) in [6.45, 7) is 4.80. The third kappa shape index (κ3) is 4.05. The van der Waals surface area contributed by atoms with Gasteiger partial charge in [0.15, 0.2) is 0 Å². The predicted molar refractivity (Wildman–Crippen MR) is 91.7 cm³/mol. The minimum Gasteiger partial charge on any atom is -0.496 e. The van der Waals surface area contributed by atoms with Gasteiger partial charge in [0, 0.05) is 38.6 Å². The van der Waals surface area contributed by atoms with Gasteiger partial charge in [0.1, 0.15) is 5.75 Å². The molecule has 1 saturated carbocycles. The maximum atomic E-state index is 12.5. The highest BCUT2D eigenvalue weighted by Gasteiger charge is 2.29. The molecule has 2 aliphatic rings. The summed E-state index contributed by atoms with van der Waals surface area (Å²) in [4.78, 5) is 17.0. The van der Waals surface area contributed by atoms with Gasteiger partial charge < -0.3 is 9.64 Å². The van der Waals surface area contributed by atoms with E-state index in [2.05, 4.69) is 21.9 Å². The van der Waals surface area contributed by atoms with Crippen LogP contribution in [-0.2, 0) is 11.2 Å². The minimum atomic E-state index is 0.315. The Morgan fingerprint density at radius 2 is 1.83 bits per heavy atom. The van der Waals surface area contributed by atoms with Crippen molar-refractivity contribution in [2.24, 2.45) is 5.92 Å². The summed E-state index contributed by atoms with van der Waals surface area (Å²) in [7, 11) is 1.73. The van der Waals surface area contributed by atoms with E-state index in [0.29, 0.717) is 11.8 Å². The second-order valence-electron chi connectivity index (χ2n) is 6.71. The molecule has 1 aliphatic carbocycles. The van der Waals surface area contributed by atoms with Crippen LogP contribution in [0, 0.1) is 5.92 Å². The molecule has 1 aromatic carbocycles. The van der Waals surface area contributed by atoms with Crippen molar-refractivity contribution in [3.63, 3.8) is 0 Å². The SMILES string of the molecule is COc1ccccc1CCN1CCN(C(=O)C2CCCC2)CC1. The summed E-state index contributed by atoms with van der Waals surface area (Å²) in [6, 6.07) is 8.23. The topological polar surface area (TPSA) is 32.8 Å². The number of carbonyl (C=O) groups excluding carboxylic acids is 1. The zero-order chi connectivity index (χ0) is 16.1. The fourth-order valence-electron chi connectivity index (χ4n) is 3.81. The van der Waals surface area contributed by atoms with Gasteiger partial charge in [-0.1, -0.05) is 31.0 Å². The van der Waals surface area contributed by atoms with E-state index in [-0.39, 0.29) is 0 Å². The Bertz CT molecular complexity index is 518. The highest BCUT2D eigenvalue weighted by Crippen LogP contribution is 2.27. The molecule has 4 heteroatoms. The largest absolute Gasteiger partial charge is 0.496 e. The molecule has 1 heterocycles. The number of amides is 1. The van der Waals surface area contributed by atoms with E-state index in [0.717, 1.165) is 57.7 Å². The molecule has 3 rings (SSSR count). The minimum absolute atomic E-state index is 0.315. The summed E-state index contributed by atoms with van der Waals surface area (Å²) < 4.78 is 5.42. The van der Waals surface area contributed by atoms with E-state index < -0.39 is 0 Å². The van der Waals surface area contributed by atoms with Crippen molar-refractivity contribution in [2.45, 2.75) is 32.1 Å². The van der Waals surface area contributed by atoms with Crippen LogP contribution in [0.25, 0.3) is 0 Å². The number of hydrogen-bond acceptors (Lipinski definition) is 3. The molecule has 23 heavy (non-hydrogen) atoms. The zero-order valence-corrected chi connectivity index (χ0v) is 14.2. The number of benzene rings is 1. The normalized spacial score (nSPS) is 20.0. The molecule has 0 bridgehead atoms. The molecule has 0 spiro atoms. The smallest absolute Gasteiger partial charge is 0.225 e. The summed E-state index contributed by atoms with van der Waals surface area (Å²) in [5.74, 6) is 1.70. The lowest BCUT2D eigenvalue weighted by atomic mass is 10.1. The predicted octanol–water partition coefficient (Wildman–Crippen LogP) is 2.57. The van der Waals surface area contributed by atoms with Gasteiger partial charge in [-0.2, -0.15) is 0 Å². The van der Waals surface area contributed by atoms with Gasteiger partial charge in [0.05, 0.1) is 7.11 Å². The molecule has 0 N–H and O–H groups in total. The maximum Gasteiger partial charge on any atom is 0.225 e. The lowest BCUT2D eigenvalue weighted by molar-refractivity contribution is -0.137. The Labute approximate surface area is 139 Å². The number of rotatable bonds is 5. The quantitative estimate of drug-likeness (QED) is 0.837. The summed E-state index contributed by atoms with van der Waals surface area (Å²) in [6.07, 6.45) is 5.67. The summed E-state index contributed by atoms with van der Waals surface area (Å²) >= 11 is 0. The third-order valence-electron chi connectivity index (χ3n) is 5.28. The monoisotopic (exact) mass is 316 g/mol. The molecule has 2 fully saturated rings. The summed E-state index contributed by atoms with van der Waals surface area (Å²) in [5, 5.41) is 0. The first-order chi connectivity index (χ1) is 11.3. The van der Waals surface area contributed by atoms with Gasteiger partial charge in [-0.3, -0.25) is 9.69 Å². The van der Waals surface area contributed by atoms with E-state index in [4.69, 9.17) is 4.74 Å². The number of para-hydroxylation sites is 1.